The van der Waals surface area contributed by atoms with E-state index >= 15 is 0 Å². The van der Waals surface area contributed by atoms with Gasteiger partial charge in [0.05, 0.1) is 17.7 Å². The predicted octanol–water partition coefficient (Wildman–Crippen LogP) is 3.15. The van der Waals surface area contributed by atoms with Crippen molar-refractivity contribution in [2.75, 3.05) is 11.9 Å². The molecule has 0 unspecified atom stereocenters. The number of aryl methyl sites for hydroxylation is 1. The van der Waals surface area contributed by atoms with Gasteiger partial charge in [-0.05, 0) is 44.0 Å². The Balaban J connectivity index is 2.40. The fourth-order valence-corrected chi connectivity index (χ4v) is 3.15. The SMILES string of the molecule is C#CCNC(=O)C(=O)c1c(C)c(C(=O)Nc2ccc(C)c(C(F)(F)F)c2)n(C)c1C. The molecule has 0 atom stereocenters. The number of nitrogens with zero attached hydrogens (tertiary/aromatic N) is 1. The van der Waals surface area contributed by atoms with Gasteiger partial charge in [-0.2, -0.15) is 13.2 Å². The Kier molecular flexibility index (Phi) is 6.41. The molecule has 0 aliphatic heterocycles. The van der Waals surface area contributed by atoms with Crippen molar-refractivity contribution in [1.29, 1.82) is 0 Å². The van der Waals surface area contributed by atoms with Crippen LogP contribution in [0.25, 0.3) is 0 Å². The van der Waals surface area contributed by atoms with Crippen molar-refractivity contribution in [2.45, 2.75) is 26.9 Å². The number of carbonyl (C=O) groups excluding carboxylic acids is 3. The highest BCUT2D eigenvalue weighted by Gasteiger charge is 2.33. The molecule has 2 N–H and O–H groups in total. The molecule has 1 aromatic heterocycles. The van der Waals surface area contributed by atoms with Gasteiger partial charge in [0.2, 0.25) is 0 Å². The molecule has 158 valence electrons. The summed E-state index contributed by atoms with van der Waals surface area (Å²) in [5.41, 5.74) is -0.198. The number of Topliss-reactive ketones (excluding diaryl/α,β-unsaturated/α-hetero) is 1. The third-order valence-corrected chi connectivity index (χ3v) is 4.73. The number of halogens is 3. The minimum Gasteiger partial charge on any atom is -0.343 e. The van der Waals surface area contributed by atoms with Gasteiger partial charge in [0.1, 0.15) is 5.69 Å². The number of benzene rings is 1. The van der Waals surface area contributed by atoms with Crippen LogP contribution in [-0.2, 0) is 18.0 Å². The van der Waals surface area contributed by atoms with Crippen LogP contribution in [0.1, 0.15) is 43.2 Å². The summed E-state index contributed by atoms with van der Waals surface area (Å²) in [6.45, 7) is 4.24. The van der Waals surface area contributed by atoms with Gasteiger partial charge >= 0.3 is 6.18 Å². The third-order valence-electron chi connectivity index (χ3n) is 4.73. The number of anilines is 1. The monoisotopic (exact) mass is 419 g/mol. The van der Waals surface area contributed by atoms with Crippen molar-refractivity contribution < 1.29 is 27.6 Å². The summed E-state index contributed by atoms with van der Waals surface area (Å²) in [6, 6.07) is 3.46. The summed E-state index contributed by atoms with van der Waals surface area (Å²) in [5.74, 6) is -0.297. The predicted molar refractivity (Wildman–Crippen MR) is 105 cm³/mol. The van der Waals surface area contributed by atoms with E-state index in [0.717, 1.165) is 6.07 Å². The Labute approximate surface area is 171 Å². The van der Waals surface area contributed by atoms with Crippen LogP contribution in [0.3, 0.4) is 0 Å². The summed E-state index contributed by atoms with van der Waals surface area (Å²) in [6.07, 6.45) is 0.498. The van der Waals surface area contributed by atoms with Crippen molar-refractivity contribution in [2.24, 2.45) is 7.05 Å². The molecule has 0 bridgehead atoms. The zero-order chi connectivity index (χ0) is 22.8. The second-order valence-corrected chi connectivity index (χ2v) is 6.69. The number of alkyl halides is 3. The molecule has 0 spiro atoms. The molecule has 0 saturated heterocycles. The number of nitrogens with one attached hydrogen (secondary N) is 2. The van der Waals surface area contributed by atoms with E-state index in [1.807, 2.05) is 0 Å². The minimum absolute atomic E-state index is 0.0252. The maximum atomic E-state index is 13.1. The first-order valence-corrected chi connectivity index (χ1v) is 8.81. The average molecular weight is 419 g/mol. The lowest BCUT2D eigenvalue weighted by Crippen LogP contribution is -2.31. The van der Waals surface area contributed by atoms with Gasteiger partial charge in [0, 0.05) is 18.4 Å². The lowest BCUT2D eigenvalue weighted by atomic mass is 10.0. The molecule has 0 fully saturated rings. The van der Waals surface area contributed by atoms with Crippen LogP contribution in [0, 0.1) is 33.1 Å². The normalized spacial score (nSPS) is 11.0. The first-order valence-electron chi connectivity index (χ1n) is 8.81. The number of rotatable bonds is 5. The van der Waals surface area contributed by atoms with Crippen molar-refractivity contribution >= 4 is 23.3 Å². The number of carbonyl (C=O) groups is 3. The van der Waals surface area contributed by atoms with Gasteiger partial charge in [-0.3, -0.25) is 14.4 Å². The Morgan fingerprint density at radius 1 is 1.17 bits per heavy atom. The number of ketones is 1. The van der Waals surface area contributed by atoms with Crippen molar-refractivity contribution in [3.63, 3.8) is 0 Å². The molecule has 2 rings (SSSR count). The maximum absolute atomic E-state index is 13.1. The highest BCUT2D eigenvalue weighted by Crippen LogP contribution is 2.33. The molecule has 9 heteroatoms. The van der Waals surface area contributed by atoms with Crippen molar-refractivity contribution in [3.05, 3.63) is 51.8 Å². The van der Waals surface area contributed by atoms with Crippen LogP contribution < -0.4 is 10.6 Å². The summed E-state index contributed by atoms with van der Waals surface area (Å²) in [7, 11) is 1.52. The van der Waals surface area contributed by atoms with Gasteiger partial charge < -0.3 is 15.2 Å². The molecule has 30 heavy (non-hydrogen) atoms. The van der Waals surface area contributed by atoms with E-state index in [1.165, 1.54) is 37.6 Å². The molecular formula is C21H20F3N3O3. The van der Waals surface area contributed by atoms with E-state index < -0.39 is 29.3 Å². The minimum atomic E-state index is -4.56. The number of amides is 2. The van der Waals surface area contributed by atoms with Crippen LogP contribution in [0.15, 0.2) is 18.2 Å². The van der Waals surface area contributed by atoms with Gasteiger partial charge in [0.15, 0.2) is 0 Å². The van der Waals surface area contributed by atoms with Gasteiger partial charge in [0.25, 0.3) is 17.6 Å². The largest absolute Gasteiger partial charge is 0.416 e. The van der Waals surface area contributed by atoms with Crippen LogP contribution in [-0.4, -0.2) is 28.7 Å². The Morgan fingerprint density at radius 2 is 1.80 bits per heavy atom. The van der Waals surface area contributed by atoms with Crippen LogP contribution in [0.4, 0.5) is 18.9 Å². The maximum Gasteiger partial charge on any atom is 0.416 e. The molecule has 2 aromatic rings. The zero-order valence-corrected chi connectivity index (χ0v) is 16.8. The second kappa shape index (κ2) is 8.45. The molecule has 6 nitrogen and oxygen atoms in total. The smallest absolute Gasteiger partial charge is 0.343 e. The van der Waals surface area contributed by atoms with E-state index in [9.17, 15) is 27.6 Å². The average Bonchev–Trinajstić information content (AvgIpc) is 2.88. The Bertz CT molecular complexity index is 1080. The number of hydrogen-bond acceptors (Lipinski definition) is 3. The zero-order valence-electron chi connectivity index (χ0n) is 16.8. The van der Waals surface area contributed by atoms with E-state index in [4.69, 9.17) is 6.42 Å². The standard InChI is InChI=1S/C21H20F3N3O3/c1-6-9-25-20(30)18(28)16-12(3)17(27(5)13(16)4)19(29)26-14-8-7-11(2)15(10-14)21(22,23)24/h1,7-8,10H,9H2,2-5H3,(H,25,30)(H,26,29). The number of aromatic nitrogens is 1. The molecule has 0 radical (unpaired) electrons. The third kappa shape index (κ3) is 4.38. The molecule has 2 amide bonds. The van der Waals surface area contributed by atoms with E-state index in [0.29, 0.717) is 5.69 Å². The highest BCUT2D eigenvalue weighted by atomic mass is 19.4. The topological polar surface area (TPSA) is 80.2 Å². The molecule has 0 aliphatic carbocycles. The Morgan fingerprint density at radius 3 is 2.37 bits per heavy atom. The van der Waals surface area contributed by atoms with Crippen molar-refractivity contribution in [1.82, 2.24) is 9.88 Å². The van der Waals surface area contributed by atoms with Crippen LogP contribution >= 0.6 is 0 Å². The number of hydrogen-bond donors (Lipinski definition) is 2. The van der Waals surface area contributed by atoms with Crippen LogP contribution in [0.2, 0.25) is 0 Å². The molecule has 0 aliphatic rings. The summed E-state index contributed by atoms with van der Waals surface area (Å²) in [5, 5.41) is 4.69. The molecule has 0 saturated carbocycles. The summed E-state index contributed by atoms with van der Waals surface area (Å²) < 4.78 is 40.8. The first-order chi connectivity index (χ1) is 13.9. The highest BCUT2D eigenvalue weighted by molar-refractivity contribution is 6.43. The molecule has 1 aromatic carbocycles. The lowest BCUT2D eigenvalue weighted by Gasteiger charge is -2.13. The fourth-order valence-electron chi connectivity index (χ4n) is 3.15. The first kappa shape index (κ1) is 22.7. The molecule has 1 heterocycles. The lowest BCUT2D eigenvalue weighted by molar-refractivity contribution is -0.138. The Hall–Kier alpha value is -3.54. The summed E-state index contributed by atoms with van der Waals surface area (Å²) >= 11 is 0. The van der Waals surface area contributed by atoms with E-state index in [2.05, 4.69) is 16.6 Å². The van der Waals surface area contributed by atoms with Crippen molar-refractivity contribution in [3.8, 4) is 12.3 Å². The van der Waals surface area contributed by atoms with Gasteiger partial charge in [-0.15, -0.1) is 6.42 Å². The summed E-state index contributed by atoms with van der Waals surface area (Å²) in [4.78, 5) is 37.2. The van der Waals surface area contributed by atoms with Gasteiger partial charge in [-0.1, -0.05) is 12.0 Å². The molecular weight excluding hydrogens is 399 g/mol. The van der Waals surface area contributed by atoms with Crippen LogP contribution in [0.5, 0.6) is 0 Å². The van der Waals surface area contributed by atoms with Gasteiger partial charge in [-0.25, -0.2) is 0 Å². The fraction of sp³-hybridized carbons (Fsp3) is 0.286. The number of terminal acetylenes is 1. The van der Waals surface area contributed by atoms with E-state index in [-0.39, 0.29) is 34.6 Å². The van der Waals surface area contributed by atoms with E-state index in [1.54, 1.807) is 6.92 Å². The quantitative estimate of drug-likeness (QED) is 0.444. The second-order valence-electron chi connectivity index (χ2n) is 6.69.